The standard InChI is InChI=1S/C13H12ClN3/c14-13-10(5-15)3-11(7-17-13)8-1-2-9-6-16-12(9)4-8/h1,3,7,9,12,16H,2,4,6H2/t9-,12-/m1/s1. The molecule has 2 atom stereocenters. The van der Waals surface area contributed by atoms with Crippen molar-refractivity contribution < 1.29 is 0 Å². The summed E-state index contributed by atoms with van der Waals surface area (Å²) in [5, 5.41) is 12.7. The number of fused-ring (bicyclic) bond motifs is 1. The third-order valence-electron chi connectivity index (χ3n) is 3.65. The third-order valence-corrected chi connectivity index (χ3v) is 3.95. The maximum atomic E-state index is 8.94. The highest BCUT2D eigenvalue weighted by molar-refractivity contribution is 6.30. The molecule has 3 nitrogen and oxygen atoms in total. The molecule has 0 bridgehead atoms. The number of halogens is 1. The summed E-state index contributed by atoms with van der Waals surface area (Å²) in [6.07, 6.45) is 6.18. The van der Waals surface area contributed by atoms with Gasteiger partial charge >= 0.3 is 0 Å². The first-order valence-electron chi connectivity index (χ1n) is 5.76. The number of hydrogen-bond acceptors (Lipinski definition) is 3. The van der Waals surface area contributed by atoms with Crippen molar-refractivity contribution in [2.45, 2.75) is 18.9 Å². The molecule has 0 unspecified atom stereocenters. The van der Waals surface area contributed by atoms with Gasteiger partial charge in [-0.3, -0.25) is 0 Å². The molecule has 0 saturated carbocycles. The smallest absolute Gasteiger partial charge is 0.146 e. The molecule has 2 heterocycles. The van der Waals surface area contributed by atoms with Gasteiger partial charge < -0.3 is 5.32 Å². The molecule has 1 aromatic rings. The van der Waals surface area contributed by atoms with Crippen LogP contribution in [0.25, 0.3) is 5.57 Å². The van der Waals surface area contributed by atoms with Crippen molar-refractivity contribution in [1.82, 2.24) is 10.3 Å². The monoisotopic (exact) mass is 245 g/mol. The molecule has 0 amide bonds. The Kier molecular flexibility index (Phi) is 2.62. The van der Waals surface area contributed by atoms with E-state index in [0.29, 0.717) is 11.6 Å². The van der Waals surface area contributed by atoms with Gasteiger partial charge in [-0.05, 0) is 36.0 Å². The fourth-order valence-corrected chi connectivity index (χ4v) is 2.63. The van der Waals surface area contributed by atoms with Gasteiger partial charge in [-0.2, -0.15) is 5.26 Å². The highest BCUT2D eigenvalue weighted by Crippen LogP contribution is 2.34. The molecule has 1 aliphatic heterocycles. The predicted octanol–water partition coefficient (Wildman–Crippen LogP) is 2.37. The van der Waals surface area contributed by atoms with E-state index < -0.39 is 0 Å². The Hall–Kier alpha value is -1.37. The predicted molar refractivity (Wildman–Crippen MR) is 66.5 cm³/mol. The van der Waals surface area contributed by atoms with Crippen LogP contribution < -0.4 is 5.32 Å². The molecular weight excluding hydrogens is 234 g/mol. The first kappa shape index (κ1) is 10.8. The maximum absolute atomic E-state index is 8.94. The Balaban J connectivity index is 1.92. The van der Waals surface area contributed by atoms with Crippen LogP contribution in [0.15, 0.2) is 18.3 Å². The number of allylic oxidation sites excluding steroid dienone is 1. The lowest BCUT2D eigenvalue weighted by molar-refractivity contribution is 0.231. The largest absolute Gasteiger partial charge is 0.313 e. The molecule has 0 aromatic carbocycles. The van der Waals surface area contributed by atoms with E-state index in [-0.39, 0.29) is 5.15 Å². The number of nitrogens with one attached hydrogen (secondary N) is 1. The summed E-state index contributed by atoms with van der Waals surface area (Å²) < 4.78 is 0. The number of nitriles is 1. The summed E-state index contributed by atoms with van der Waals surface area (Å²) in [6, 6.07) is 4.51. The van der Waals surface area contributed by atoms with Gasteiger partial charge in [0, 0.05) is 18.8 Å². The minimum atomic E-state index is 0.285. The van der Waals surface area contributed by atoms with Gasteiger partial charge in [0.05, 0.1) is 5.56 Å². The molecule has 86 valence electrons. The molecule has 1 saturated heterocycles. The second-order valence-corrected chi connectivity index (χ2v) is 4.98. The maximum Gasteiger partial charge on any atom is 0.146 e. The minimum Gasteiger partial charge on any atom is -0.313 e. The highest BCUT2D eigenvalue weighted by Gasteiger charge is 2.33. The first-order chi connectivity index (χ1) is 8.28. The summed E-state index contributed by atoms with van der Waals surface area (Å²) in [4.78, 5) is 4.07. The zero-order valence-electron chi connectivity index (χ0n) is 9.28. The Morgan fingerprint density at radius 1 is 1.53 bits per heavy atom. The summed E-state index contributed by atoms with van der Waals surface area (Å²) in [5.41, 5.74) is 2.76. The molecule has 1 N–H and O–H groups in total. The van der Waals surface area contributed by atoms with Crippen LogP contribution >= 0.6 is 11.6 Å². The van der Waals surface area contributed by atoms with Crippen LogP contribution in [0.4, 0.5) is 0 Å². The number of aromatic nitrogens is 1. The van der Waals surface area contributed by atoms with Crippen molar-refractivity contribution >= 4 is 17.2 Å². The molecule has 4 heteroatoms. The average Bonchev–Trinajstić information content (AvgIpc) is 2.32. The van der Waals surface area contributed by atoms with Crippen molar-refractivity contribution in [2.75, 3.05) is 6.54 Å². The van der Waals surface area contributed by atoms with Crippen molar-refractivity contribution in [1.29, 1.82) is 5.26 Å². The number of pyridine rings is 1. The van der Waals surface area contributed by atoms with Crippen molar-refractivity contribution in [3.05, 3.63) is 34.6 Å². The molecule has 2 aliphatic rings. The highest BCUT2D eigenvalue weighted by atomic mass is 35.5. The zero-order chi connectivity index (χ0) is 11.8. The summed E-state index contributed by atoms with van der Waals surface area (Å²) in [6.45, 7) is 1.14. The van der Waals surface area contributed by atoms with Gasteiger partial charge in [0.15, 0.2) is 0 Å². The van der Waals surface area contributed by atoms with E-state index in [0.717, 1.165) is 30.9 Å². The fourth-order valence-electron chi connectivity index (χ4n) is 2.49. The summed E-state index contributed by atoms with van der Waals surface area (Å²) in [5.74, 6) is 0.800. The minimum absolute atomic E-state index is 0.285. The summed E-state index contributed by atoms with van der Waals surface area (Å²) in [7, 11) is 0. The number of hydrogen-bond donors (Lipinski definition) is 1. The van der Waals surface area contributed by atoms with E-state index in [1.54, 1.807) is 6.20 Å². The van der Waals surface area contributed by atoms with E-state index in [4.69, 9.17) is 16.9 Å². The molecule has 0 spiro atoms. The number of rotatable bonds is 1. The molecule has 1 aromatic heterocycles. The lowest BCUT2D eigenvalue weighted by atomic mass is 9.78. The van der Waals surface area contributed by atoms with Crippen LogP contribution in [0, 0.1) is 17.2 Å². The zero-order valence-corrected chi connectivity index (χ0v) is 10.0. The molecule has 1 aliphatic carbocycles. The quantitative estimate of drug-likeness (QED) is 0.773. The van der Waals surface area contributed by atoms with Crippen LogP contribution in [0.2, 0.25) is 5.15 Å². The van der Waals surface area contributed by atoms with E-state index >= 15 is 0 Å². The Labute approximate surface area is 105 Å². The molecule has 3 rings (SSSR count). The van der Waals surface area contributed by atoms with Crippen molar-refractivity contribution in [2.24, 2.45) is 5.92 Å². The average molecular weight is 246 g/mol. The Morgan fingerprint density at radius 2 is 2.41 bits per heavy atom. The van der Waals surface area contributed by atoms with Gasteiger partial charge in [0.25, 0.3) is 0 Å². The second kappa shape index (κ2) is 4.14. The van der Waals surface area contributed by atoms with Crippen LogP contribution in [-0.2, 0) is 0 Å². The van der Waals surface area contributed by atoms with Gasteiger partial charge in [-0.25, -0.2) is 4.98 Å². The Bertz CT molecular complexity index is 530. The normalized spacial score (nSPS) is 26.5. The van der Waals surface area contributed by atoms with Crippen molar-refractivity contribution in [3.8, 4) is 6.07 Å². The second-order valence-electron chi connectivity index (χ2n) is 4.62. The van der Waals surface area contributed by atoms with Gasteiger partial charge in [0.2, 0.25) is 0 Å². The molecular formula is C13H12ClN3. The molecule has 1 fully saturated rings. The molecule has 17 heavy (non-hydrogen) atoms. The summed E-state index contributed by atoms with van der Waals surface area (Å²) >= 11 is 5.83. The lowest BCUT2D eigenvalue weighted by Gasteiger charge is -2.41. The topological polar surface area (TPSA) is 48.7 Å². The number of nitrogens with zero attached hydrogens (tertiary/aromatic N) is 2. The van der Waals surface area contributed by atoms with E-state index in [1.165, 1.54) is 5.57 Å². The van der Waals surface area contributed by atoms with E-state index in [1.807, 2.05) is 6.07 Å². The van der Waals surface area contributed by atoms with E-state index in [9.17, 15) is 0 Å². The van der Waals surface area contributed by atoms with Crippen molar-refractivity contribution in [3.63, 3.8) is 0 Å². The molecule has 0 radical (unpaired) electrons. The fraction of sp³-hybridized carbons (Fsp3) is 0.385. The van der Waals surface area contributed by atoms with Gasteiger partial charge in [0.1, 0.15) is 11.2 Å². The Morgan fingerprint density at radius 3 is 3.06 bits per heavy atom. The van der Waals surface area contributed by atoms with Crippen LogP contribution in [0.3, 0.4) is 0 Å². The third kappa shape index (κ3) is 1.84. The van der Waals surface area contributed by atoms with Crippen LogP contribution in [0.5, 0.6) is 0 Å². The van der Waals surface area contributed by atoms with E-state index in [2.05, 4.69) is 22.4 Å². The SMILES string of the molecule is N#Cc1cc(C2=CC[C@@H]3CN[C@@H]3C2)cnc1Cl. The first-order valence-corrected chi connectivity index (χ1v) is 6.14. The van der Waals surface area contributed by atoms with Crippen LogP contribution in [-0.4, -0.2) is 17.6 Å². The van der Waals surface area contributed by atoms with Crippen LogP contribution in [0.1, 0.15) is 24.0 Å². The van der Waals surface area contributed by atoms with Gasteiger partial charge in [-0.1, -0.05) is 17.7 Å². The lowest BCUT2D eigenvalue weighted by Crippen LogP contribution is -2.53. The van der Waals surface area contributed by atoms with Gasteiger partial charge in [-0.15, -0.1) is 0 Å².